The molecule has 3 unspecified atom stereocenters. The van der Waals surface area contributed by atoms with Crippen molar-refractivity contribution in [2.75, 3.05) is 75.3 Å². The van der Waals surface area contributed by atoms with Crippen LogP contribution in [0, 0.1) is 23.2 Å². The molecule has 109 heavy (non-hydrogen) atoms. The molecule has 31 nitrogen and oxygen atoms in total. The number of hydrogen-bond acceptors (Lipinski definition) is 24. The number of nitrogens with zero attached hydrogens (tertiary/aromatic N) is 8. The van der Waals surface area contributed by atoms with E-state index >= 15 is 0 Å². The van der Waals surface area contributed by atoms with Crippen LogP contribution >= 0.6 is 23.1 Å². The summed E-state index contributed by atoms with van der Waals surface area (Å²) in [4.78, 5) is 121. The van der Waals surface area contributed by atoms with Gasteiger partial charge in [-0.15, -0.1) is 0 Å². The van der Waals surface area contributed by atoms with E-state index in [1.807, 2.05) is 59.0 Å². The highest BCUT2D eigenvalue weighted by molar-refractivity contribution is 8.00. The Labute approximate surface area is 636 Å². The minimum atomic E-state index is -4.36. The lowest BCUT2D eigenvalue weighted by molar-refractivity contribution is -0.271. The molecule has 7 fully saturated rings. The van der Waals surface area contributed by atoms with Gasteiger partial charge in [0.25, 0.3) is 16.0 Å². The van der Waals surface area contributed by atoms with Gasteiger partial charge in [-0.1, -0.05) is 61.6 Å². The zero-order valence-electron chi connectivity index (χ0n) is 61.0. The van der Waals surface area contributed by atoms with Crippen molar-refractivity contribution in [3.8, 4) is 16.9 Å². The molecule has 4 saturated carbocycles. The van der Waals surface area contributed by atoms with Crippen LogP contribution in [0.2, 0.25) is 0 Å². The van der Waals surface area contributed by atoms with Gasteiger partial charge < -0.3 is 69.2 Å². The van der Waals surface area contributed by atoms with Gasteiger partial charge in [0.05, 0.1) is 65.4 Å². The number of benzene rings is 3. The summed E-state index contributed by atoms with van der Waals surface area (Å²) in [5, 5.41) is 63.2. The average molecular weight is 1560 g/mol. The summed E-state index contributed by atoms with van der Waals surface area (Å²) in [5.41, 5.74) is 4.92. The predicted molar refractivity (Wildman–Crippen MR) is 396 cm³/mol. The highest BCUT2D eigenvalue weighted by atomic mass is 32.2. The van der Waals surface area contributed by atoms with E-state index in [-0.39, 0.29) is 84.9 Å². The molecule has 584 valence electrons. The number of unbranched alkanes of at least 4 members (excludes halogenated alkanes) is 1. The number of thioether (sulfide) groups is 1. The second-order valence-electron chi connectivity index (χ2n) is 30.8. The number of likely N-dealkylation sites (tertiary alicyclic amines) is 2. The van der Waals surface area contributed by atoms with E-state index in [0.717, 1.165) is 70.5 Å². The summed E-state index contributed by atoms with van der Waals surface area (Å²) >= 11 is 2.58. The Morgan fingerprint density at radius 2 is 1.64 bits per heavy atom. The van der Waals surface area contributed by atoms with Crippen molar-refractivity contribution in [2.45, 2.75) is 171 Å². The molecule has 10 atom stereocenters. The molecule has 7 heterocycles. The lowest BCUT2D eigenvalue weighted by Gasteiger charge is -2.69. The highest BCUT2D eigenvalue weighted by Crippen LogP contribution is 2.72. The number of aliphatic hydroxyl groups excluding tert-OH is 3. The van der Waals surface area contributed by atoms with Crippen LogP contribution in [0.15, 0.2) is 79.0 Å². The number of para-hydroxylation sites is 1. The summed E-state index contributed by atoms with van der Waals surface area (Å²) in [6, 6.07) is 19.8. The van der Waals surface area contributed by atoms with Gasteiger partial charge in [0.1, 0.15) is 42.5 Å². The largest absolute Gasteiger partial charge is 0.479 e. The number of aromatic carboxylic acids is 1. The van der Waals surface area contributed by atoms with Gasteiger partial charge in [-0.05, 0) is 153 Å². The van der Waals surface area contributed by atoms with Gasteiger partial charge in [0.2, 0.25) is 29.9 Å². The molecule has 0 radical (unpaired) electrons. The number of aliphatic hydroxyl groups is 3. The maximum absolute atomic E-state index is 13.9. The molecule has 4 aliphatic carbocycles. The SMILES string of the molecule is CSC1CC(=O)N([C@H]2C[C@@H](COCCS(=O)(=O)O)N(CC(=O)NCCCCc3ccc(COC(=O)N(C)CCOC45CC6(C)CC(C)(CC(Cn7ncc(-c8ccc(N9CCc%10cccc(C(=O)Nc%11nc%12ccccc%12s%11)c%10C9)nc8C(=O)O)c7C)(C6)C4)C5)c(O[C@@H]4O[C@H](C(=O)O)[C@@H](O)[C@H](O)[C@H]4O)c3)C2=O)C1=O. The Kier molecular flexibility index (Phi) is 22.7. The van der Waals surface area contributed by atoms with Crippen LogP contribution < -0.4 is 20.3 Å². The number of hydrogen-bond donors (Lipinski definition) is 8. The average Bonchev–Trinajstić information content (AvgIpc) is 1.68. The van der Waals surface area contributed by atoms with Crippen molar-refractivity contribution in [3.63, 3.8) is 0 Å². The minimum absolute atomic E-state index is 0.00913. The van der Waals surface area contributed by atoms with E-state index in [1.165, 1.54) is 32.9 Å². The molecule has 8 N–H and O–H groups in total. The smallest absolute Gasteiger partial charge is 0.409 e. The zero-order valence-corrected chi connectivity index (χ0v) is 63.4. The molecular weight excluding hydrogens is 1470 g/mol. The number of thiazole rings is 1. The van der Waals surface area contributed by atoms with E-state index in [9.17, 15) is 76.9 Å². The number of amides is 6. The number of pyridine rings is 1. The molecule has 8 aliphatic rings. The maximum Gasteiger partial charge on any atom is 0.409 e. The van der Waals surface area contributed by atoms with Crippen molar-refractivity contribution in [1.29, 1.82) is 0 Å². The Morgan fingerprint density at radius 3 is 2.37 bits per heavy atom. The van der Waals surface area contributed by atoms with Crippen molar-refractivity contribution < 1.29 is 101 Å². The number of carboxylic acids is 2. The highest BCUT2D eigenvalue weighted by Gasteiger charge is 2.66. The molecule has 14 rings (SSSR count). The van der Waals surface area contributed by atoms with E-state index in [4.69, 9.17) is 33.8 Å². The number of carbonyl (C=O) groups is 8. The Bertz CT molecular complexity index is 4600. The van der Waals surface area contributed by atoms with Crippen molar-refractivity contribution in [1.82, 2.24) is 39.8 Å². The normalized spacial score (nSPS) is 27.2. The fourth-order valence-electron chi connectivity index (χ4n) is 18.3. The lowest BCUT2D eigenvalue weighted by atomic mass is 9.39. The van der Waals surface area contributed by atoms with Gasteiger partial charge in [-0.25, -0.2) is 24.4 Å². The molecule has 3 aromatic carbocycles. The number of anilines is 2. The predicted octanol–water partition coefficient (Wildman–Crippen LogP) is 5.86. The van der Waals surface area contributed by atoms with Crippen LogP contribution in [0.4, 0.5) is 15.7 Å². The van der Waals surface area contributed by atoms with Gasteiger partial charge in [0, 0.05) is 74.1 Å². The summed E-state index contributed by atoms with van der Waals surface area (Å²) in [7, 11) is -2.79. The number of rotatable bonds is 30. The Balaban J connectivity index is 0.625. The lowest BCUT2D eigenvalue weighted by Crippen LogP contribution is -2.64. The topological polar surface area (TPSA) is 419 Å². The quantitative estimate of drug-likeness (QED) is 0.0149. The molecule has 3 saturated heterocycles. The van der Waals surface area contributed by atoms with Gasteiger partial charge in [-0.2, -0.15) is 25.3 Å². The monoisotopic (exact) mass is 1560 g/mol. The Hall–Kier alpha value is -8.71. The summed E-state index contributed by atoms with van der Waals surface area (Å²) in [6.45, 7) is 6.99. The number of aromatic nitrogens is 4. The van der Waals surface area contributed by atoms with Gasteiger partial charge in [-0.3, -0.25) is 43.4 Å². The molecule has 4 bridgehead atoms. The van der Waals surface area contributed by atoms with Crippen molar-refractivity contribution in [3.05, 3.63) is 118 Å². The van der Waals surface area contributed by atoms with Gasteiger partial charge >= 0.3 is 18.0 Å². The van der Waals surface area contributed by atoms with Crippen molar-refractivity contribution in [2.24, 2.45) is 16.2 Å². The molecule has 4 aliphatic heterocycles. The first-order valence-electron chi connectivity index (χ1n) is 36.3. The fraction of sp³-hybridized carbons (Fsp3) is 0.533. The molecule has 0 spiro atoms. The summed E-state index contributed by atoms with van der Waals surface area (Å²) < 4.78 is 64.6. The number of aliphatic carboxylic acids is 1. The van der Waals surface area contributed by atoms with E-state index in [1.54, 1.807) is 49.8 Å². The van der Waals surface area contributed by atoms with Crippen LogP contribution in [0.25, 0.3) is 21.3 Å². The molecule has 6 aromatic rings. The van der Waals surface area contributed by atoms with Crippen LogP contribution in [0.1, 0.15) is 127 Å². The summed E-state index contributed by atoms with van der Waals surface area (Å²) in [5.74, 6) is -5.63. The first-order chi connectivity index (χ1) is 51.8. The van der Waals surface area contributed by atoms with E-state index < -0.39 is 124 Å². The van der Waals surface area contributed by atoms with Crippen molar-refractivity contribution >= 4 is 102 Å². The van der Waals surface area contributed by atoms with Crippen LogP contribution in [-0.2, 0) is 85.6 Å². The number of aryl methyl sites for hydroxylation is 1. The number of ether oxygens (including phenoxy) is 5. The van der Waals surface area contributed by atoms with Gasteiger partial charge in [0.15, 0.2) is 16.9 Å². The van der Waals surface area contributed by atoms with E-state index in [0.29, 0.717) is 78.5 Å². The molecule has 3 aromatic heterocycles. The van der Waals surface area contributed by atoms with Crippen LogP contribution in [0.5, 0.6) is 5.75 Å². The molecule has 34 heteroatoms. The second kappa shape index (κ2) is 31.6. The third-order valence-electron chi connectivity index (χ3n) is 22.2. The third kappa shape index (κ3) is 17.0. The third-order valence-corrected chi connectivity index (χ3v) is 24.8. The Morgan fingerprint density at radius 1 is 0.872 bits per heavy atom. The number of fused-ring (bicyclic) bond motifs is 2. The summed E-state index contributed by atoms with van der Waals surface area (Å²) in [6.07, 6.45) is -0.109. The number of imide groups is 1. The number of nitrogens with one attached hydrogen (secondary N) is 2. The number of likely N-dealkylation sites (N-methyl/N-ethyl adjacent to an activating group) is 1. The minimum Gasteiger partial charge on any atom is -0.479 e. The zero-order chi connectivity index (χ0) is 77.6. The first kappa shape index (κ1) is 78.4. The van der Waals surface area contributed by atoms with Crippen LogP contribution in [-0.4, -0.2) is 239 Å². The van der Waals surface area contributed by atoms with Crippen LogP contribution in [0.3, 0.4) is 0 Å². The fourth-order valence-corrected chi connectivity index (χ4v) is 20.1. The first-order valence-corrected chi connectivity index (χ1v) is 40.1. The number of carbonyl (C=O) groups excluding carboxylic acids is 6. The molecule has 6 amide bonds. The van der Waals surface area contributed by atoms with E-state index in [2.05, 4.69) is 29.5 Å². The molecular formula is C75H90N10O21S3. The maximum atomic E-state index is 13.9. The standard InChI is InChI=1S/C75H90N10O21S3/c1-42-49(47-18-19-56(79-59(47)67(94)95)82-22-20-44-12-10-13-48(50(44)31-82)64(91)80-70-78-51-14-6-7-15-54(51)108-70)30-77-84(42)41-74-36-72(2)35-73(3,37-74)39-75(38-72,40-74)104-24-23-81(4)71(98)103-33-45-17-16-43(27-53(45)105-69-62(90)60(88)61(89)63(106-69)68(96)97)11-8-9-21-76-57(86)32-83-46(34-102-25-26-109(99,100)101)28-52(65(83)92)85-58(87)29-55(107-5)66(85)93/h6-7,10,12-19,27,30,46,52,55,60-63,69,88-90H,8-9,11,20-26,28-29,31-41H2,1-5H3,(H,76,86)(H,94,95)(H,96,97)(H,78,80,91)(H,99,100,101)/t46-,52-,55?,60-,61-,62+,63-,69+,72?,73?,74?,75?/m0/s1. The second-order valence-corrected chi connectivity index (χ2v) is 34.4. The number of carboxylic acid groups (broad SMARTS) is 2.